The third-order valence-electron chi connectivity index (χ3n) is 5.26. The highest BCUT2D eigenvalue weighted by molar-refractivity contribution is 5.77. The topological polar surface area (TPSA) is 146 Å². The Morgan fingerprint density at radius 1 is 1.03 bits per heavy atom. The molecule has 0 aromatic rings. The lowest BCUT2D eigenvalue weighted by Gasteiger charge is -2.39. The van der Waals surface area contributed by atoms with Gasteiger partial charge in [-0.15, -0.1) is 0 Å². The van der Waals surface area contributed by atoms with Gasteiger partial charge in [0.2, 0.25) is 5.91 Å². The van der Waals surface area contributed by atoms with E-state index in [4.69, 9.17) is 14.6 Å². The molecule has 29 heavy (non-hydrogen) atoms. The van der Waals surface area contributed by atoms with Gasteiger partial charge in [0, 0.05) is 25.5 Å². The smallest absolute Gasteiger partial charge is 0.219 e. The molecule has 0 aromatic carbocycles. The molecule has 5 N–H and O–H groups in total. The summed E-state index contributed by atoms with van der Waals surface area (Å²) in [5.41, 5.74) is 0. The van der Waals surface area contributed by atoms with Gasteiger partial charge in [0.05, 0.1) is 6.61 Å². The summed E-state index contributed by atoms with van der Waals surface area (Å²) in [6, 6.07) is 0. The second-order valence-electron chi connectivity index (χ2n) is 7.74. The van der Waals surface area contributed by atoms with Crippen molar-refractivity contribution in [2.75, 3.05) is 19.8 Å². The number of carbonyl (C=O) groups is 2. The van der Waals surface area contributed by atoms with Gasteiger partial charge in [-0.3, -0.25) is 9.59 Å². The van der Waals surface area contributed by atoms with E-state index in [9.17, 15) is 24.9 Å². The molecule has 1 saturated heterocycles. The number of unbranched alkanes of at least 4 members (excludes halogenated alkanes) is 3. The molecule has 9 heteroatoms. The molecule has 0 spiro atoms. The van der Waals surface area contributed by atoms with Gasteiger partial charge in [-0.05, 0) is 32.6 Å². The monoisotopic (exact) mass is 419 g/mol. The minimum absolute atomic E-state index is 0.000492. The number of amides is 1. The third-order valence-corrected chi connectivity index (χ3v) is 5.26. The van der Waals surface area contributed by atoms with E-state index in [1.165, 1.54) is 0 Å². The molecule has 6 unspecified atom stereocenters. The Hall–Kier alpha value is -1.10. The molecule has 0 saturated carbocycles. The fourth-order valence-corrected chi connectivity index (χ4v) is 3.06. The van der Waals surface area contributed by atoms with Crippen molar-refractivity contribution in [1.29, 1.82) is 0 Å². The van der Waals surface area contributed by atoms with Crippen molar-refractivity contribution in [3.8, 4) is 0 Å². The Morgan fingerprint density at radius 3 is 2.41 bits per heavy atom. The molecule has 1 fully saturated rings. The van der Waals surface area contributed by atoms with Crippen molar-refractivity contribution < 1.29 is 39.5 Å². The second kappa shape index (κ2) is 14.0. The Labute approximate surface area is 172 Å². The van der Waals surface area contributed by atoms with Gasteiger partial charge in [0.15, 0.2) is 6.29 Å². The lowest BCUT2D eigenvalue weighted by atomic mass is 9.99. The van der Waals surface area contributed by atoms with Crippen LogP contribution < -0.4 is 5.32 Å². The first kappa shape index (κ1) is 25.9. The van der Waals surface area contributed by atoms with E-state index in [0.29, 0.717) is 25.8 Å². The van der Waals surface area contributed by atoms with Crippen LogP contribution in [0.15, 0.2) is 0 Å². The maximum atomic E-state index is 11.8. The van der Waals surface area contributed by atoms with Crippen molar-refractivity contribution in [2.24, 2.45) is 5.92 Å². The average Bonchev–Trinajstić information content (AvgIpc) is 2.69. The number of ether oxygens (including phenoxy) is 2. The van der Waals surface area contributed by atoms with Crippen LogP contribution in [0.2, 0.25) is 0 Å². The standard InChI is InChI=1S/C20H37NO8/c1-13(14(2)23)8-5-6-10-21-16(24)9-4-3-7-11-28-20-19(27)18(26)17(25)15(12-22)29-20/h13,15,17-20,22,25-27H,3-12H2,1-2H3,(H,21,24). The quantitative estimate of drug-likeness (QED) is 0.245. The van der Waals surface area contributed by atoms with Crippen LogP contribution in [-0.2, 0) is 19.1 Å². The molecule has 1 amide bonds. The van der Waals surface area contributed by atoms with Crippen molar-refractivity contribution in [2.45, 2.75) is 89.5 Å². The molecular weight excluding hydrogens is 382 g/mol. The Morgan fingerprint density at radius 2 is 1.76 bits per heavy atom. The Kier molecular flexibility index (Phi) is 12.5. The number of Topliss-reactive ketones (excluding diaryl/α,β-unsaturated/α-hetero) is 1. The fraction of sp³-hybridized carbons (Fsp3) is 0.900. The third kappa shape index (κ3) is 9.50. The molecule has 1 aliphatic rings. The summed E-state index contributed by atoms with van der Waals surface area (Å²) < 4.78 is 10.7. The van der Waals surface area contributed by atoms with E-state index < -0.39 is 37.3 Å². The van der Waals surface area contributed by atoms with Crippen LogP contribution in [0.4, 0.5) is 0 Å². The van der Waals surface area contributed by atoms with Crippen LogP contribution in [0, 0.1) is 5.92 Å². The van der Waals surface area contributed by atoms with Crippen molar-refractivity contribution in [1.82, 2.24) is 5.32 Å². The molecule has 9 nitrogen and oxygen atoms in total. The summed E-state index contributed by atoms with van der Waals surface area (Å²) in [6.07, 6.45) is -1.19. The van der Waals surface area contributed by atoms with E-state index in [-0.39, 0.29) is 24.2 Å². The number of ketones is 1. The fourth-order valence-electron chi connectivity index (χ4n) is 3.06. The zero-order chi connectivity index (χ0) is 21.8. The number of nitrogens with one attached hydrogen (secondary N) is 1. The number of hydrogen-bond donors (Lipinski definition) is 5. The molecule has 0 aromatic heterocycles. The van der Waals surface area contributed by atoms with Gasteiger partial charge in [0.1, 0.15) is 30.2 Å². The summed E-state index contributed by atoms with van der Waals surface area (Å²) in [6.45, 7) is 3.90. The molecule has 1 aliphatic heterocycles. The normalized spacial score (nSPS) is 28.1. The van der Waals surface area contributed by atoms with Gasteiger partial charge < -0.3 is 35.2 Å². The molecule has 6 atom stereocenters. The highest BCUT2D eigenvalue weighted by Crippen LogP contribution is 2.22. The summed E-state index contributed by atoms with van der Waals surface area (Å²) >= 11 is 0. The van der Waals surface area contributed by atoms with Gasteiger partial charge in [-0.1, -0.05) is 19.8 Å². The summed E-state index contributed by atoms with van der Waals surface area (Å²) in [5, 5.41) is 41.3. The highest BCUT2D eigenvalue weighted by Gasteiger charge is 2.43. The second-order valence-corrected chi connectivity index (χ2v) is 7.74. The van der Waals surface area contributed by atoms with Crippen LogP contribution in [0.1, 0.15) is 58.8 Å². The minimum atomic E-state index is -1.44. The molecule has 0 bridgehead atoms. The predicted octanol–water partition coefficient (Wildman–Crippen LogP) is -0.125. The lowest BCUT2D eigenvalue weighted by Crippen LogP contribution is -2.59. The van der Waals surface area contributed by atoms with Crippen LogP contribution in [0.5, 0.6) is 0 Å². The van der Waals surface area contributed by atoms with Crippen LogP contribution in [0.25, 0.3) is 0 Å². The number of hydrogen-bond acceptors (Lipinski definition) is 8. The van der Waals surface area contributed by atoms with Crippen LogP contribution >= 0.6 is 0 Å². The van der Waals surface area contributed by atoms with E-state index in [1.54, 1.807) is 6.92 Å². The first-order valence-corrected chi connectivity index (χ1v) is 10.5. The van der Waals surface area contributed by atoms with Crippen molar-refractivity contribution in [3.05, 3.63) is 0 Å². The largest absolute Gasteiger partial charge is 0.394 e. The maximum absolute atomic E-state index is 11.8. The molecule has 0 aliphatic carbocycles. The summed E-state index contributed by atoms with van der Waals surface area (Å²) in [4.78, 5) is 22.9. The zero-order valence-corrected chi connectivity index (χ0v) is 17.5. The molecular formula is C20H37NO8. The Bertz CT molecular complexity index is 487. The summed E-state index contributed by atoms with van der Waals surface area (Å²) in [7, 11) is 0. The molecule has 170 valence electrons. The minimum Gasteiger partial charge on any atom is -0.394 e. The maximum Gasteiger partial charge on any atom is 0.219 e. The van der Waals surface area contributed by atoms with E-state index in [0.717, 1.165) is 25.7 Å². The van der Waals surface area contributed by atoms with Crippen molar-refractivity contribution >= 4 is 11.7 Å². The van der Waals surface area contributed by atoms with Gasteiger partial charge in [0.25, 0.3) is 0 Å². The lowest BCUT2D eigenvalue weighted by molar-refractivity contribution is -0.301. The number of carbonyl (C=O) groups excluding carboxylic acids is 2. The first-order valence-electron chi connectivity index (χ1n) is 10.5. The first-order chi connectivity index (χ1) is 13.8. The number of rotatable bonds is 14. The van der Waals surface area contributed by atoms with E-state index >= 15 is 0 Å². The predicted molar refractivity (Wildman–Crippen MR) is 105 cm³/mol. The SMILES string of the molecule is CC(=O)C(C)CCCCNC(=O)CCCCCOC1OC(CO)C(O)C(O)C1O. The summed E-state index contributed by atoms with van der Waals surface area (Å²) in [5.74, 6) is 0.278. The van der Waals surface area contributed by atoms with Gasteiger partial charge >= 0.3 is 0 Å². The number of aliphatic hydroxyl groups excluding tert-OH is 4. The van der Waals surface area contributed by atoms with Crippen LogP contribution in [-0.4, -0.2) is 82.6 Å². The van der Waals surface area contributed by atoms with E-state index in [2.05, 4.69) is 5.32 Å². The molecule has 1 rings (SSSR count). The van der Waals surface area contributed by atoms with Crippen molar-refractivity contribution in [3.63, 3.8) is 0 Å². The highest BCUT2D eigenvalue weighted by atomic mass is 16.7. The number of aliphatic hydroxyl groups is 4. The molecule has 0 radical (unpaired) electrons. The van der Waals surface area contributed by atoms with Crippen LogP contribution in [0.3, 0.4) is 0 Å². The zero-order valence-electron chi connectivity index (χ0n) is 17.5. The average molecular weight is 420 g/mol. The van der Waals surface area contributed by atoms with Gasteiger partial charge in [-0.25, -0.2) is 0 Å². The van der Waals surface area contributed by atoms with E-state index in [1.807, 2.05) is 6.92 Å². The Balaban J connectivity index is 2.05. The molecule has 1 heterocycles. The van der Waals surface area contributed by atoms with Gasteiger partial charge in [-0.2, -0.15) is 0 Å².